The fourth-order valence-electron chi connectivity index (χ4n) is 2.74. The average molecular weight is 474 g/mol. The molecule has 0 fully saturated rings. The van der Waals surface area contributed by atoms with E-state index in [1.165, 1.54) is 11.3 Å². The van der Waals surface area contributed by atoms with Crippen LogP contribution in [0.3, 0.4) is 0 Å². The Bertz CT molecular complexity index is 1070. The van der Waals surface area contributed by atoms with Crippen molar-refractivity contribution in [3.05, 3.63) is 69.7 Å². The number of nitrogens with zero attached hydrogens (tertiary/aromatic N) is 2. The number of hydrogen-bond donors (Lipinski definition) is 1. The number of hydrazone groups is 1. The number of aromatic nitrogens is 1. The number of anilines is 1. The lowest BCUT2D eigenvalue weighted by atomic mass is 10.2. The predicted octanol–water partition coefficient (Wildman–Crippen LogP) is 5.33. The fourth-order valence-corrected chi connectivity index (χ4v) is 3.61. The molecule has 3 rings (SSSR count). The molecule has 7 nitrogen and oxygen atoms in total. The van der Waals surface area contributed by atoms with E-state index in [1.54, 1.807) is 18.5 Å². The number of nitrogens with one attached hydrogen (secondary N) is 1. The minimum absolute atomic E-state index is 0.143. The molecule has 0 unspecified atom stereocenters. The molecule has 0 aliphatic rings. The molecule has 0 atom stereocenters. The van der Waals surface area contributed by atoms with Gasteiger partial charge in [-0.05, 0) is 55.3 Å². The third-order valence-electron chi connectivity index (χ3n) is 4.11. The summed E-state index contributed by atoms with van der Waals surface area (Å²) >= 11 is 7.40. The van der Waals surface area contributed by atoms with Gasteiger partial charge in [0.05, 0.1) is 31.5 Å². The molecule has 0 aliphatic carbocycles. The SMILES string of the molecule is CCOC(=O)Cc1csc(NN=Cc2ccc(OCc3cccc(Cl)c3)c(OCC)c2)n1. The molecule has 0 radical (unpaired) electrons. The van der Waals surface area contributed by atoms with Gasteiger partial charge in [-0.15, -0.1) is 11.3 Å². The van der Waals surface area contributed by atoms with Crippen molar-refractivity contribution in [1.29, 1.82) is 0 Å². The summed E-state index contributed by atoms with van der Waals surface area (Å²) in [5.41, 5.74) is 5.33. The first-order valence-electron chi connectivity index (χ1n) is 10.1. The van der Waals surface area contributed by atoms with Gasteiger partial charge in [0.25, 0.3) is 0 Å². The lowest BCUT2D eigenvalue weighted by molar-refractivity contribution is -0.142. The third kappa shape index (κ3) is 7.25. The van der Waals surface area contributed by atoms with Crippen LogP contribution in [-0.4, -0.2) is 30.4 Å². The molecule has 9 heteroatoms. The van der Waals surface area contributed by atoms with E-state index in [0.717, 1.165) is 11.1 Å². The second kappa shape index (κ2) is 12.1. The summed E-state index contributed by atoms with van der Waals surface area (Å²) in [6.07, 6.45) is 1.81. The Morgan fingerprint density at radius 2 is 2.03 bits per heavy atom. The highest BCUT2D eigenvalue weighted by atomic mass is 35.5. The Labute approximate surface area is 196 Å². The Morgan fingerprint density at radius 3 is 2.81 bits per heavy atom. The van der Waals surface area contributed by atoms with Crippen molar-refractivity contribution in [2.75, 3.05) is 18.6 Å². The lowest BCUT2D eigenvalue weighted by Gasteiger charge is -2.12. The molecule has 0 saturated carbocycles. The van der Waals surface area contributed by atoms with Gasteiger partial charge in [-0.2, -0.15) is 5.10 Å². The number of rotatable bonds is 11. The van der Waals surface area contributed by atoms with E-state index in [2.05, 4.69) is 15.5 Å². The van der Waals surface area contributed by atoms with Crippen LogP contribution in [0.15, 0.2) is 52.9 Å². The van der Waals surface area contributed by atoms with Gasteiger partial charge in [0.1, 0.15) is 6.61 Å². The van der Waals surface area contributed by atoms with E-state index in [4.69, 9.17) is 25.8 Å². The smallest absolute Gasteiger partial charge is 0.311 e. The van der Waals surface area contributed by atoms with E-state index in [9.17, 15) is 4.79 Å². The van der Waals surface area contributed by atoms with Crippen LogP contribution in [0.2, 0.25) is 5.02 Å². The Kier molecular flexibility index (Phi) is 8.89. The number of carbonyl (C=O) groups excluding carboxylic acids is 1. The van der Waals surface area contributed by atoms with E-state index in [-0.39, 0.29) is 12.4 Å². The van der Waals surface area contributed by atoms with Gasteiger partial charge in [-0.1, -0.05) is 23.7 Å². The second-order valence-corrected chi connectivity index (χ2v) is 7.85. The minimum Gasteiger partial charge on any atom is -0.490 e. The number of esters is 1. The quantitative estimate of drug-likeness (QED) is 0.230. The van der Waals surface area contributed by atoms with Gasteiger partial charge in [0.2, 0.25) is 5.13 Å². The molecule has 3 aromatic rings. The van der Waals surface area contributed by atoms with Crippen LogP contribution in [0.1, 0.15) is 30.7 Å². The monoisotopic (exact) mass is 473 g/mol. The highest BCUT2D eigenvalue weighted by Gasteiger charge is 2.09. The zero-order chi connectivity index (χ0) is 22.8. The zero-order valence-electron chi connectivity index (χ0n) is 17.8. The molecule has 1 aromatic heterocycles. The number of thiazole rings is 1. The molecule has 1 heterocycles. The normalized spacial score (nSPS) is 10.8. The van der Waals surface area contributed by atoms with Crippen LogP contribution in [0.4, 0.5) is 5.13 Å². The first-order chi connectivity index (χ1) is 15.6. The first-order valence-corrected chi connectivity index (χ1v) is 11.4. The maximum atomic E-state index is 11.5. The predicted molar refractivity (Wildman–Crippen MR) is 127 cm³/mol. The summed E-state index contributed by atoms with van der Waals surface area (Å²) in [7, 11) is 0. The first kappa shape index (κ1) is 23.6. The molecule has 0 aliphatic heterocycles. The third-order valence-corrected chi connectivity index (χ3v) is 5.14. The standard InChI is InChI=1S/C23H24ClN3O4S/c1-3-29-21-11-16(8-9-20(21)31-14-17-6-5-7-18(24)10-17)13-25-27-23-26-19(15-32-23)12-22(28)30-4-2/h5-11,13,15H,3-4,12,14H2,1-2H3,(H,26,27). The van der Waals surface area contributed by atoms with Gasteiger partial charge in [0.15, 0.2) is 11.5 Å². The Morgan fingerprint density at radius 1 is 1.16 bits per heavy atom. The van der Waals surface area contributed by atoms with Gasteiger partial charge in [-0.25, -0.2) is 4.98 Å². The van der Waals surface area contributed by atoms with Crippen LogP contribution in [0, 0.1) is 0 Å². The maximum Gasteiger partial charge on any atom is 0.311 e. The van der Waals surface area contributed by atoms with Gasteiger partial charge < -0.3 is 14.2 Å². The van der Waals surface area contributed by atoms with Crippen LogP contribution < -0.4 is 14.9 Å². The maximum absolute atomic E-state index is 11.5. The molecular formula is C23H24ClN3O4S. The fraction of sp³-hybridized carbons (Fsp3) is 0.261. The molecule has 0 bridgehead atoms. The van der Waals surface area contributed by atoms with E-state index in [0.29, 0.717) is 47.2 Å². The van der Waals surface area contributed by atoms with Gasteiger partial charge >= 0.3 is 5.97 Å². The summed E-state index contributed by atoms with van der Waals surface area (Å²) in [6, 6.07) is 13.1. The average Bonchev–Trinajstić information content (AvgIpc) is 3.20. The van der Waals surface area contributed by atoms with Crippen molar-refractivity contribution in [2.45, 2.75) is 26.9 Å². The van der Waals surface area contributed by atoms with Crippen molar-refractivity contribution in [3.8, 4) is 11.5 Å². The van der Waals surface area contributed by atoms with E-state index < -0.39 is 0 Å². The Hall–Kier alpha value is -3.10. The summed E-state index contributed by atoms with van der Waals surface area (Å²) in [4.78, 5) is 15.9. The molecule has 1 N–H and O–H groups in total. The summed E-state index contributed by atoms with van der Waals surface area (Å²) in [5.74, 6) is 0.971. The topological polar surface area (TPSA) is 82.0 Å². The summed E-state index contributed by atoms with van der Waals surface area (Å²) in [6.45, 7) is 4.93. The van der Waals surface area contributed by atoms with Crippen LogP contribution in [0.5, 0.6) is 11.5 Å². The number of carbonyl (C=O) groups is 1. The minimum atomic E-state index is -0.297. The molecule has 0 saturated heterocycles. The van der Waals surface area contributed by atoms with Crippen molar-refractivity contribution < 1.29 is 19.0 Å². The summed E-state index contributed by atoms with van der Waals surface area (Å²) < 4.78 is 16.6. The van der Waals surface area contributed by atoms with E-state index in [1.807, 2.05) is 49.4 Å². The number of ether oxygens (including phenoxy) is 3. The largest absolute Gasteiger partial charge is 0.490 e. The van der Waals surface area contributed by atoms with Crippen molar-refractivity contribution in [2.24, 2.45) is 5.10 Å². The number of benzene rings is 2. The molecule has 2 aromatic carbocycles. The summed E-state index contributed by atoms with van der Waals surface area (Å²) in [5, 5.41) is 7.28. The van der Waals surface area contributed by atoms with Gasteiger partial charge in [0, 0.05) is 10.4 Å². The molecule has 0 spiro atoms. The van der Waals surface area contributed by atoms with Crippen molar-refractivity contribution in [1.82, 2.24) is 4.98 Å². The van der Waals surface area contributed by atoms with Crippen LogP contribution >= 0.6 is 22.9 Å². The molecule has 168 valence electrons. The van der Waals surface area contributed by atoms with Crippen molar-refractivity contribution in [3.63, 3.8) is 0 Å². The highest BCUT2D eigenvalue weighted by Crippen LogP contribution is 2.29. The van der Waals surface area contributed by atoms with E-state index >= 15 is 0 Å². The number of halogens is 1. The Balaban J connectivity index is 1.60. The molecule has 32 heavy (non-hydrogen) atoms. The van der Waals surface area contributed by atoms with Gasteiger partial charge in [-0.3, -0.25) is 10.2 Å². The zero-order valence-corrected chi connectivity index (χ0v) is 19.4. The molecular weight excluding hydrogens is 450 g/mol. The number of hydrogen-bond acceptors (Lipinski definition) is 8. The molecule has 0 amide bonds. The van der Waals surface area contributed by atoms with Crippen molar-refractivity contribution >= 4 is 40.3 Å². The van der Waals surface area contributed by atoms with Crippen LogP contribution in [-0.2, 0) is 22.6 Å². The lowest BCUT2D eigenvalue weighted by Crippen LogP contribution is -2.07. The second-order valence-electron chi connectivity index (χ2n) is 6.55. The highest BCUT2D eigenvalue weighted by molar-refractivity contribution is 7.13. The van der Waals surface area contributed by atoms with Crippen LogP contribution in [0.25, 0.3) is 0 Å².